The third-order valence-corrected chi connectivity index (χ3v) is 5.50. The molecule has 132 valence electrons. The van der Waals surface area contributed by atoms with E-state index in [2.05, 4.69) is 40.5 Å². The molecule has 1 saturated heterocycles. The second kappa shape index (κ2) is 9.07. The van der Waals surface area contributed by atoms with Crippen LogP contribution in [-0.2, 0) is 6.42 Å². The van der Waals surface area contributed by atoms with Crippen molar-refractivity contribution in [2.45, 2.75) is 30.2 Å². The standard InChI is InChI=1S/C21H26N2OS/c1-25-20-11-9-18(10-12-20)21(24)22-19-8-5-14-23(16-19)15-13-17-6-3-2-4-7-17/h2-4,6-7,9-12,19H,5,8,13-16H2,1H3,(H,22,24)/t19-/m1/s1. The normalized spacial score (nSPS) is 18.0. The van der Waals surface area contributed by atoms with E-state index < -0.39 is 0 Å². The average Bonchev–Trinajstić information content (AvgIpc) is 2.67. The van der Waals surface area contributed by atoms with Gasteiger partial charge in [0.25, 0.3) is 5.91 Å². The van der Waals surface area contributed by atoms with Gasteiger partial charge in [-0.2, -0.15) is 0 Å². The summed E-state index contributed by atoms with van der Waals surface area (Å²) in [4.78, 5) is 16.1. The lowest BCUT2D eigenvalue weighted by atomic mass is 10.0. The summed E-state index contributed by atoms with van der Waals surface area (Å²) in [7, 11) is 0. The minimum absolute atomic E-state index is 0.0440. The maximum atomic E-state index is 12.5. The Morgan fingerprint density at radius 3 is 2.64 bits per heavy atom. The molecule has 2 aromatic rings. The molecule has 0 spiro atoms. The second-order valence-corrected chi connectivity index (χ2v) is 7.46. The van der Waals surface area contributed by atoms with Crippen LogP contribution in [0.4, 0.5) is 0 Å². The minimum Gasteiger partial charge on any atom is -0.348 e. The zero-order chi connectivity index (χ0) is 17.5. The summed E-state index contributed by atoms with van der Waals surface area (Å²) in [6.45, 7) is 3.13. The smallest absolute Gasteiger partial charge is 0.251 e. The van der Waals surface area contributed by atoms with Gasteiger partial charge < -0.3 is 10.2 Å². The van der Waals surface area contributed by atoms with Crippen LogP contribution in [0.15, 0.2) is 59.5 Å². The van der Waals surface area contributed by atoms with Gasteiger partial charge in [0.05, 0.1) is 0 Å². The van der Waals surface area contributed by atoms with Gasteiger partial charge >= 0.3 is 0 Å². The maximum Gasteiger partial charge on any atom is 0.251 e. The van der Waals surface area contributed by atoms with Crippen LogP contribution in [0.3, 0.4) is 0 Å². The zero-order valence-corrected chi connectivity index (χ0v) is 15.6. The molecule has 3 nitrogen and oxygen atoms in total. The number of thioether (sulfide) groups is 1. The number of benzene rings is 2. The number of hydrogen-bond acceptors (Lipinski definition) is 3. The summed E-state index contributed by atoms with van der Waals surface area (Å²) in [5.74, 6) is 0.0440. The van der Waals surface area contributed by atoms with Crippen LogP contribution in [0.5, 0.6) is 0 Å². The van der Waals surface area contributed by atoms with Crippen molar-refractivity contribution < 1.29 is 4.79 Å². The lowest BCUT2D eigenvalue weighted by molar-refractivity contribution is 0.0904. The molecular formula is C21H26N2OS. The Bertz CT molecular complexity index is 672. The summed E-state index contributed by atoms with van der Waals surface area (Å²) in [6, 6.07) is 18.7. The van der Waals surface area contributed by atoms with Crippen molar-refractivity contribution in [3.63, 3.8) is 0 Å². The van der Waals surface area contributed by atoms with Crippen molar-refractivity contribution in [2.75, 3.05) is 25.9 Å². The van der Waals surface area contributed by atoms with Gasteiger partial charge in [-0.25, -0.2) is 0 Å². The molecule has 4 heteroatoms. The van der Waals surface area contributed by atoms with Gasteiger partial charge in [-0.15, -0.1) is 11.8 Å². The fourth-order valence-electron chi connectivity index (χ4n) is 3.32. The van der Waals surface area contributed by atoms with Gasteiger partial charge in [-0.1, -0.05) is 30.3 Å². The van der Waals surface area contributed by atoms with E-state index in [-0.39, 0.29) is 11.9 Å². The summed E-state index contributed by atoms with van der Waals surface area (Å²) in [5.41, 5.74) is 2.13. The van der Waals surface area contributed by atoms with Gasteiger partial charge in [0.1, 0.15) is 0 Å². The second-order valence-electron chi connectivity index (χ2n) is 6.58. The molecule has 1 aliphatic heterocycles. The first-order valence-corrected chi connectivity index (χ1v) is 10.2. The predicted octanol–water partition coefficient (Wildman–Crippen LogP) is 3.85. The highest BCUT2D eigenvalue weighted by atomic mass is 32.2. The number of hydrogen-bond donors (Lipinski definition) is 1. The fraction of sp³-hybridized carbons (Fsp3) is 0.381. The summed E-state index contributed by atoms with van der Waals surface area (Å²) in [6.07, 6.45) is 5.32. The number of carbonyl (C=O) groups excluding carboxylic acids is 1. The van der Waals surface area contributed by atoms with Gasteiger partial charge in [-0.05, 0) is 61.9 Å². The minimum atomic E-state index is 0.0440. The maximum absolute atomic E-state index is 12.5. The molecule has 0 aromatic heterocycles. The fourth-order valence-corrected chi connectivity index (χ4v) is 3.73. The third-order valence-electron chi connectivity index (χ3n) is 4.75. The molecule has 1 heterocycles. The first-order chi connectivity index (χ1) is 12.2. The number of carbonyl (C=O) groups is 1. The Labute approximate surface area is 154 Å². The van der Waals surface area contributed by atoms with Crippen LogP contribution in [0.2, 0.25) is 0 Å². The highest BCUT2D eigenvalue weighted by Gasteiger charge is 2.21. The van der Waals surface area contributed by atoms with Crippen LogP contribution in [0.1, 0.15) is 28.8 Å². The Balaban J connectivity index is 1.49. The SMILES string of the molecule is CSc1ccc(C(=O)N[C@@H]2CCCN(CCc3ccccc3)C2)cc1. The molecule has 3 rings (SSSR count). The summed E-state index contributed by atoms with van der Waals surface area (Å²) < 4.78 is 0. The van der Waals surface area contributed by atoms with Crippen molar-refractivity contribution in [1.82, 2.24) is 10.2 Å². The van der Waals surface area contributed by atoms with E-state index in [1.807, 2.05) is 30.5 Å². The van der Waals surface area contributed by atoms with Crippen molar-refractivity contribution in [2.24, 2.45) is 0 Å². The first kappa shape index (κ1) is 18.0. The van der Waals surface area contributed by atoms with Gasteiger partial charge in [-0.3, -0.25) is 4.79 Å². The number of nitrogens with zero attached hydrogens (tertiary/aromatic N) is 1. The van der Waals surface area contributed by atoms with E-state index in [9.17, 15) is 4.79 Å². The molecular weight excluding hydrogens is 328 g/mol. The number of piperidine rings is 1. The topological polar surface area (TPSA) is 32.3 Å². The van der Waals surface area contributed by atoms with Crippen molar-refractivity contribution in [1.29, 1.82) is 0 Å². The predicted molar refractivity (Wildman–Crippen MR) is 105 cm³/mol. The first-order valence-electron chi connectivity index (χ1n) is 8.96. The molecule has 1 amide bonds. The molecule has 0 bridgehead atoms. The van der Waals surface area contributed by atoms with Crippen molar-refractivity contribution >= 4 is 17.7 Å². The van der Waals surface area contributed by atoms with Crippen molar-refractivity contribution in [3.05, 3.63) is 65.7 Å². The molecule has 2 aromatic carbocycles. The number of rotatable bonds is 6. The van der Waals surface area contributed by atoms with E-state index in [4.69, 9.17) is 0 Å². The van der Waals surface area contributed by atoms with Crippen LogP contribution < -0.4 is 5.32 Å². The molecule has 0 unspecified atom stereocenters. The summed E-state index contributed by atoms with van der Waals surface area (Å²) in [5, 5.41) is 3.21. The van der Waals surface area contributed by atoms with E-state index in [0.29, 0.717) is 0 Å². The molecule has 1 N–H and O–H groups in total. The quantitative estimate of drug-likeness (QED) is 0.800. The average molecular weight is 355 g/mol. The van der Waals surface area contributed by atoms with Crippen LogP contribution in [0, 0.1) is 0 Å². The van der Waals surface area contributed by atoms with Crippen molar-refractivity contribution in [3.8, 4) is 0 Å². The Hall–Kier alpha value is -1.78. The van der Waals surface area contributed by atoms with Crippen LogP contribution in [0.25, 0.3) is 0 Å². The molecule has 1 fully saturated rings. The Morgan fingerprint density at radius 1 is 1.16 bits per heavy atom. The van der Waals surface area contributed by atoms with E-state index in [1.165, 1.54) is 10.5 Å². The number of amides is 1. The highest BCUT2D eigenvalue weighted by Crippen LogP contribution is 2.16. The van der Waals surface area contributed by atoms with E-state index in [1.54, 1.807) is 11.8 Å². The van der Waals surface area contributed by atoms with Crippen LogP contribution in [-0.4, -0.2) is 42.7 Å². The monoisotopic (exact) mass is 354 g/mol. The number of likely N-dealkylation sites (tertiary alicyclic amines) is 1. The third kappa shape index (κ3) is 5.35. The lowest BCUT2D eigenvalue weighted by Gasteiger charge is -2.33. The summed E-state index contributed by atoms with van der Waals surface area (Å²) >= 11 is 1.69. The molecule has 0 radical (unpaired) electrons. The Kier molecular flexibility index (Phi) is 6.54. The van der Waals surface area contributed by atoms with Gasteiger partial charge in [0, 0.05) is 29.6 Å². The molecule has 1 aliphatic rings. The largest absolute Gasteiger partial charge is 0.348 e. The number of nitrogens with one attached hydrogen (secondary N) is 1. The van der Waals surface area contributed by atoms with E-state index in [0.717, 1.165) is 44.5 Å². The van der Waals surface area contributed by atoms with Crippen LogP contribution >= 0.6 is 11.8 Å². The van der Waals surface area contributed by atoms with Gasteiger partial charge in [0.15, 0.2) is 0 Å². The van der Waals surface area contributed by atoms with Gasteiger partial charge in [0.2, 0.25) is 0 Å². The molecule has 1 atom stereocenters. The molecule has 0 aliphatic carbocycles. The highest BCUT2D eigenvalue weighted by molar-refractivity contribution is 7.98. The Morgan fingerprint density at radius 2 is 1.92 bits per heavy atom. The molecule has 0 saturated carbocycles. The molecule has 25 heavy (non-hydrogen) atoms. The van der Waals surface area contributed by atoms with E-state index >= 15 is 0 Å². The lowest BCUT2D eigenvalue weighted by Crippen LogP contribution is -2.48. The zero-order valence-electron chi connectivity index (χ0n) is 14.8.